The maximum absolute atomic E-state index is 11.8. The third-order valence-corrected chi connectivity index (χ3v) is 3.61. The van der Waals surface area contributed by atoms with Gasteiger partial charge < -0.3 is 15.7 Å². The SMILES string of the molecule is CC(C)NCCC(=O)NC(C(=O)O)C1CCCCC1. The fraction of sp³-hybridized carbons (Fsp3) is 0.857. The lowest BCUT2D eigenvalue weighted by Crippen LogP contribution is -2.47. The van der Waals surface area contributed by atoms with Crippen molar-refractivity contribution in [3.8, 4) is 0 Å². The highest BCUT2D eigenvalue weighted by Crippen LogP contribution is 2.26. The molecule has 1 atom stereocenters. The average Bonchev–Trinajstić information content (AvgIpc) is 2.36. The van der Waals surface area contributed by atoms with Crippen molar-refractivity contribution >= 4 is 11.9 Å². The zero-order valence-corrected chi connectivity index (χ0v) is 11.9. The van der Waals surface area contributed by atoms with Crippen LogP contribution in [0.4, 0.5) is 0 Å². The standard InChI is InChI=1S/C14H26N2O3/c1-10(2)15-9-8-12(17)16-13(14(18)19)11-6-4-3-5-7-11/h10-11,13,15H,3-9H2,1-2H3,(H,16,17)(H,18,19). The average molecular weight is 270 g/mol. The molecule has 1 aliphatic carbocycles. The van der Waals surface area contributed by atoms with E-state index in [1.165, 1.54) is 6.42 Å². The minimum Gasteiger partial charge on any atom is -0.480 e. The van der Waals surface area contributed by atoms with Crippen LogP contribution in [0, 0.1) is 5.92 Å². The second-order valence-corrected chi connectivity index (χ2v) is 5.64. The van der Waals surface area contributed by atoms with Crippen molar-refractivity contribution in [1.29, 1.82) is 0 Å². The van der Waals surface area contributed by atoms with Gasteiger partial charge in [0.2, 0.25) is 5.91 Å². The number of amides is 1. The molecule has 0 aliphatic heterocycles. The first-order valence-electron chi connectivity index (χ1n) is 7.26. The Hall–Kier alpha value is -1.10. The van der Waals surface area contributed by atoms with E-state index in [0.29, 0.717) is 19.0 Å². The van der Waals surface area contributed by atoms with Crippen LogP contribution in [0.5, 0.6) is 0 Å². The molecule has 0 radical (unpaired) electrons. The molecule has 0 aromatic carbocycles. The Morgan fingerprint density at radius 1 is 1.21 bits per heavy atom. The Bertz CT molecular complexity index is 299. The topological polar surface area (TPSA) is 78.4 Å². The number of carbonyl (C=O) groups is 2. The molecule has 0 bridgehead atoms. The third-order valence-electron chi connectivity index (χ3n) is 3.61. The summed E-state index contributed by atoms with van der Waals surface area (Å²) >= 11 is 0. The third kappa shape index (κ3) is 6.05. The van der Waals surface area contributed by atoms with Gasteiger partial charge in [0.05, 0.1) is 0 Å². The lowest BCUT2D eigenvalue weighted by Gasteiger charge is -2.28. The summed E-state index contributed by atoms with van der Waals surface area (Å²) in [6.07, 6.45) is 5.45. The summed E-state index contributed by atoms with van der Waals surface area (Å²) < 4.78 is 0. The number of aliphatic carboxylic acids is 1. The number of rotatable bonds is 7. The molecule has 19 heavy (non-hydrogen) atoms. The van der Waals surface area contributed by atoms with E-state index in [4.69, 9.17) is 0 Å². The zero-order chi connectivity index (χ0) is 14.3. The maximum Gasteiger partial charge on any atom is 0.326 e. The molecule has 0 saturated heterocycles. The van der Waals surface area contributed by atoms with Gasteiger partial charge in [-0.1, -0.05) is 33.1 Å². The fourth-order valence-corrected chi connectivity index (χ4v) is 2.57. The molecule has 0 aromatic heterocycles. The van der Waals surface area contributed by atoms with Crippen molar-refractivity contribution in [3.05, 3.63) is 0 Å². The van der Waals surface area contributed by atoms with Gasteiger partial charge in [-0.3, -0.25) is 4.79 Å². The van der Waals surface area contributed by atoms with E-state index in [9.17, 15) is 14.7 Å². The van der Waals surface area contributed by atoms with Gasteiger partial charge in [0.1, 0.15) is 6.04 Å². The summed E-state index contributed by atoms with van der Waals surface area (Å²) in [7, 11) is 0. The van der Waals surface area contributed by atoms with Gasteiger partial charge in [0.25, 0.3) is 0 Å². The maximum atomic E-state index is 11.8. The molecule has 1 rings (SSSR count). The van der Waals surface area contributed by atoms with Gasteiger partial charge in [-0.2, -0.15) is 0 Å². The van der Waals surface area contributed by atoms with Gasteiger partial charge in [-0.05, 0) is 18.8 Å². The van der Waals surface area contributed by atoms with Crippen molar-refractivity contribution in [1.82, 2.24) is 10.6 Å². The Morgan fingerprint density at radius 3 is 2.37 bits per heavy atom. The highest BCUT2D eigenvalue weighted by Gasteiger charge is 2.30. The van der Waals surface area contributed by atoms with E-state index in [-0.39, 0.29) is 11.8 Å². The Balaban J connectivity index is 2.39. The van der Waals surface area contributed by atoms with Gasteiger partial charge in [-0.25, -0.2) is 4.79 Å². The molecule has 1 amide bonds. The summed E-state index contributed by atoms with van der Waals surface area (Å²) in [5.74, 6) is -0.989. The molecule has 5 nitrogen and oxygen atoms in total. The molecule has 0 heterocycles. The quantitative estimate of drug-likeness (QED) is 0.655. The summed E-state index contributed by atoms with van der Waals surface area (Å²) in [6, 6.07) is -0.381. The molecule has 110 valence electrons. The minimum atomic E-state index is -0.905. The Morgan fingerprint density at radius 2 is 1.84 bits per heavy atom. The van der Waals surface area contributed by atoms with Crippen molar-refractivity contribution in [2.45, 2.75) is 64.5 Å². The lowest BCUT2D eigenvalue weighted by atomic mass is 9.84. The molecule has 3 N–H and O–H groups in total. The summed E-state index contributed by atoms with van der Waals surface area (Å²) in [5.41, 5.74) is 0. The van der Waals surface area contributed by atoms with E-state index in [1.54, 1.807) is 0 Å². The number of nitrogens with one attached hydrogen (secondary N) is 2. The smallest absolute Gasteiger partial charge is 0.326 e. The van der Waals surface area contributed by atoms with Gasteiger partial charge in [-0.15, -0.1) is 0 Å². The van der Waals surface area contributed by atoms with Crippen molar-refractivity contribution in [2.24, 2.45) is 5.92 Å². The fourth-order valence-electron chi connectivity index (χ4n) is 2.57. The summed E-state index contributed by atoms with van der Waals surface area (Å²) in [6.45, 7) is 4.61. The molecule has 1 saturated carbocycles. The van der Waals surface area contributed by atoms with Crippen LogP contribution in [0.2, 0.25) is 0 Å². The first kappa shape index (κ1) is 16.0. The van der Waals surface area contributed by atoms with Crippen LogP contribution < -0.4 is 10.6 Å². The molecular formula is C14H26N2O3. The number of carbonyl (C=O) groups excluding carboxylic acids is 1. The molecular weight excluding hydrogens is 244 g/mol. The normalized spacial score (nSPS) is 18.3. The van der Waals surface area contributed by atoms with Gasteiger partial charge in [0, 0.05) is 19.0 Å². The van der Waals surface area contributed by atoms with Crippen molar-refractivity contribution in [3.63, 3.8) is 0 Å². The van der Waals surface area contributed by atoms with Crippen LogP contribution in [0.15, 0.2) is 0 Å². The number of carboxylic acid groups (broad SMARTS) is 1. The van der Waals surface area contributed by atoms with E-state index in [1.807, 2.05) is 13.8 Å². The minimum absolute atomic E-state index is 0.0910. The predicted octanol–water partition coefficient (Wildman–Crippen LogP) is 1.52. The molecule has 1 aliphatic rings. The molecule has 1 fully saturated rings. The van der Waals surface area contributed by atoms with Crippen molar-refractivity contribution in [2.75, 3.05) is 6.54 Å². The van der Waals surface area contributed by atoms with E-state index in [0.717, 1.165) is 25.7 Å². The lowest BCUT2D eigenvalue weighted by molar-refractivity contribution is -0.143. The van der Waals surface area contributed by atoms with Crippen LogP contribution in [0.3, 0.4) is 0 Å². The number of carboxylic acids is 1. The molecule has 0 spiro atoms. The van der Waals surface area contributed by atoms with E-state index >= 15 is 0 Å². The number of hydrogen-bond acceptors (Lipinski definition) is 3. The predicted molar refractivity (Wildman–Crippen MR) is 73.9 cm³/mol. The van der Waals surface area contributed by atoms with Crippen LogP contribution >= 0.6 is 0 Å². The highest BCUT2D eigenvalue weighted by molar-refractivity contribution is 5.83. The summed E-state index contributed by atoms with van der Waals surface area (Å²) in [4.78, 5) is 23.1. The highest BCUT2D eigenvalue weighted by atomic mass is 16.4. The Labute approximate surface area is 115 Å². The molecule has 5 heteroatoms. The first-order chi connectivity index (χ1) is 9.00. The van der Waals surface area contributed by atoms with E-state index < -0.39 is 12.0 Å². The van der Waals surface area contributed by atoms with Crippen LogP contribution in [-0.4, -0.2) is 35.6 Å². The second-order valence-electron chi connectivity index (χ2n) is 5.64. The van der Waals surface area contributed by atoms with Crippen LogP contribution in [-0.2, 0) is 9.59 Å². The number of hydrogen-bond donors (Lipinski definition) is 3. The molecule has 0 aromatic rings. The Kier molecular flexibility index (Phi) is 6.84. The van der Waals surface area contributed by atoms with Crippen LogP contribution in [0.25, 0.3) is 0 Å². The van der Waals surface area contributed by atoms with Gasteiger partial charge in [0.15, 0.2) is 0 Å². The monoisotopic (exact) mass is 270 g/mol. The summed E-state index contributed by atoms with van der Waals surface area (Å²) in [5, 5.41) is 15.1. The first-order valence-corrected chi connectivity index (χ1v) is 7.26. The molecule has 1 unspecified atom stereocenters. The second kappa shape index (κ2) is 8.15. The largest absolute Gasteiger partial charge is 0.480 e. The van der Waals surface area contributed by atoms with Crippen molar-refractivity contribution < 1.29 is 14.7 Å². The van der Waals surface area contributed by atoms with Crippen LogP contribution in [0.1, 0.15) is 52.4 Å². The zero-order valence-electron chi connectivity index (χ0n) is 11.9. The van der Waals surface area contributed by atoms with E-state index in [2.05, 4.69) is 10.6 Å². The van der Waals surface area contributed by atoms with Gasteiger partial charge >= 0.3 is 5.97 Å².